The minimum Gasteiger partial charge on any atom is -0.496 e. The molecular formula is C26H34N4O2. The van der Waals surface area contributed by atoms with E-state index >= 15 is 0 Å². The highest BCUT2D eigenvalue weighted by Gasteiger charge is 2.54. The van der Waals surface area contributed by atoms with Gasteiger partial charge in [-0.05, 0) is 62.4 Å². The molecular weight excluding hydrogens is 400 g/mol. The van der Waals surface area contributed by atoms with Crippen LogP contribution >= 0.6 is 0 Å². The molecule has 0 N–H and O–H groups in total. The third-order valence-corrected chi connectivity index (χ3v) is 7.68. The number of urea groups is 1. The van der Waals surface area contributed by atoms with Crippen LogP contribution in [0, 0.1) is 6.92 Å². The van der Waals surface area contributed by atoms with Crippen LogP contribution in [-0.2, 0) is 26.6 Å². The SMILES string of the molecule is CCN1C(=O)N2Cc3cc(C)cc(OC)c3CC=C2C12CCN(Cc1cccn1C)CC2. The number of likely N-dealkylation sites (tertiary alicyclic amines) is 1. The van der Waals surface area contributed by atoms with Gasteiger partial charge in [0, 0.05) is 56.4 Å². The van der Waals surface area contributed by atoms with Gasteiger partial charge in [0.2, 0.25) is 0 Å². The maximum atomic E-state index is 13.6. The highest BCUT2D eigenvalue weighted by molar-refractivity contribution is 5.83. The Balaban J connectivity index is 1.44. The van der Waals surface area contributed by atoms with Crippen LogP contribution in [0.5, 0.6) is 5.75 Å². The molecule has 2 amide bonds. The standard InChI is InChI=1S/C26H34N4O2/c1-5-30-25(31)29-17-20-15-19(2)16-23(32-4)22(20)8-9-24(29)26(30)10-13-28(14-11-26)18-21-7-6-12-27(21)3/h6-7,9,12,15-16H,5,8,10-11,13-14,17-18H2,1-4H3. The van der Waals surface area contributed by atoms with Crippen molar-refractivity contribution in [2.45, 2.75) is 51.7 Å². The Morgan fingerprint density at radius 2 is 1.97 bits per heavy atom. The van der Waals surface area contributed by atoms with Crippen molar-refractivity contribution in [2.24, 2.45) is 7.05 Å². The van der Waals surface area contributed by atoms with Crippen molar-refractivity contribution >= 4 is 6.03 Å². The van der Waals surface area contributed by atoms with Gasteiger partial charge in [0.1, 0.15) is 5.75 Å². The van der Waals surface area contributed by atoms with Gasteiger partial charge in [0.15, 0.2) is 0 Å². The number of fused-ring (bicyclic) bond motifs is 3. The highest BCUT2D eigenvalue weighted by Crippen LogP contribution is 2.46. The normalized spacial score (nSPS) is 20.2. The van der Waals surface area contributed by atoms with Gasteiger partial charge in [-0.2, -0.15) is 0 Å². The Morgan fingerprint density at radius 1 is 1.19 bits per heavy atom. The van der Waals surface area contributed by atoms with Crippen molar-refractivity contribution in [1.82, 2.24) is 19.3 Å². The summed E-state index contributed by atoms with van der Waals surface area (Å²) in [5.74, 6) is 0.934. The van der Waals surface area contributed by atoms with Crippen LogP contribution in [0.4, 0.5) is 4.79 Å². The topological polar surface area (TPSA) is 41.0 Å². The van der Waals surface area contributed by atoms with Crippen molar-refractivity contribution < 1.29 is 9.53 Å². The van der Waals surface area contributed by atoms with Gasteiger partial charge < -0.3 is 14.2 Å². The minimum atomic E-state index is -0.194. The summed E-state index contributed by atoms with van der Waals surface area (Å²) in [6, 6.07) is 8.78. The molecule has 1 aromatic carbocycles. The summed E-state index contributed by atoms with van der Waals surface area (Å²) in [5.41, 5.74) is 5.94. The number of ether oxygens (including phenoxy) is 1. The van der Waals surface area contributed by atoms with Crippen molar-refractivity contribution in [1.29, 1.82) is 0 Å². The third kappa shape index (κ3) is 3.24. The minimum absolute atomic E-state index is 0.156. The molecule has 4 heterocycles. The number of carbonyl (C=O) groups excluding carboxylic acids is 1. The van der Waals surface area contributed by atoms with Crippen molar-refractivity contribution in [2.75, 3.05) is 26.7 Å². The van der Waals surface area contributed by atoms with Crippen LogP contribution in [-0.4, -0.2) is 57.6 Å². The summed E-state index contributed by atoms with van der Waals surface area (Å²) in [6.45, 7) is 8.54. The van der Waals surface area contributed by atoms with E-state index in [-0.39, 0.29) is 11.6 Å². The molecule has 6 nitrogen and oxygen atoms in total. The Labute approximate surface area is 191 Å². The monoisotopic (exact) mass is 434 g/mol. The van der Waals surface area contributed by atoms with Crippen molar-refractivity contribution in [3.63, 3.8) is 0 Å². The predicted octanol–water partition coefficient (Wildman–Crippen LogP) is 4.07. The number of likely N-dealkylation sites (N-methyl/N-ethyl adjacent to an activating group) is 1. The first-order valence-electron chi connectivity index (χ1n) is 11.8. The molecule has 1 spiro atoms. The Hall–Kier alpha value is -2.73. The number of carbonyl (C=O) groups is 1. The van der Waals surface area contributed by atoms with Crippen molar-refractivity contribution in [3.8, 4) is 5.75 Å². The maximum absolute atomic E-state index is 13.6. The predicted molar refractivity (Wildman–Crippen MR) is 125 cm³/mol. The van der Waals surface area contributed by atoms with Crippen LogP contribution in [0.2, 0.25) is 0 Å². The smallest absolute Gasteiger partial charge is 0.325 e. The molecule has 0 saturated carbocycles. The molecule has 0 atom stereocenters. The zero-order valence-electron chi connectivity index (χ0n) is 19.7. The average molecular weight is 435 g/mol. The fourth-order valence-corrected chi connectivity index (χ4v) is 5.99. The zero-order chi connectivity index (χ0) is 22.5. The lowest BCUT2D eigenvalue weighted by atomic mass is 9.83. The third-order valence-electron chi connectivity index (χ3n) is 7.68. The molecule has 3 aliphatic heterocycles. The summed E-state index contributed by atoms with van der Waals surface area (Å²) in [7, 11) is 3.85. The largest absolute Gasteiger partial charge is 0.496 e. The van der Waals surface area contributed by atoms with Gasteiger partial charge in [-0.25, -0.2) is 4.79 Å². The van der Waals surface area contributed by atoms with Gasteiger partial charge >= 0.3 is 6.03 Å². The molecule has 5 rings (SSSR count). The average Bonchev–Trinajstić information content (AvgIpc) is 3.18. The van der Waals surface area contributed by atoms with Gasteiger partial charge in [0.05, 0.1) is 19.2 Å². The summed E-state index contributed by atoms with van der Waals surface area (Å²) in [6.07, 6.45) is 7.18. The summed E-state index contributed by atoms with van der Waals surface area (Å²) in [5, 5.41) is 0. The lowest BCUT2D eigenvalue weighted by Crippen LogP contribution is -2.53. The zero-order valence-corrected chi connectivity index (χ0v) is 19.7. The Morgan fingerprint density at radius 3 is 2.62 bits per heavy atom. The number of nitrogens with zero attached hydrogens (tertiary/aromatic N) is 4. The quantitative estimate of drug-likeness (QED) is 0.728. The second kappa shape index (κ2) is 8.00. The van der Waals surface area contributed by atoms with Crippen molar-refractivity contribution in [3.05, 3.63) is 64.6 Å². The lowest BCUT2D eigenvalue weighted by Gasteiger charge is -2.44. The number of allylic oxidation sites excluding steroid dienone is 1. The van der Waals surface area contributed by atoms with Crippen LogP contribution in [0.3, 0.4) is 0 Å². The summed E-state index contributed by atoms with van der Waals surface area (Å²) < 4.78 is 7.90. The maximum Gasteiger partial charge on any atom is 0.325 e. The van der Waals surface area contributed by atoms with Gasteiger partial charge in [0.25, 0.3) is 0 Å². The van der Waals surface area contributed by atoms with E-state index in [4.69, 9.17) is 4.74 Å². The van der Waals surface area contributed by atoms with E-state index in [0.717, 1.165) is 51.2 Å². The fraction of sp³-hybridized carbons (Fsp3) is 0.500. The Kier molecular flexibility index (Phi) is 5.28. The van der Waals surface area contributed by atoms with Gasteiger partial charge in [-0.1, -0.05) is 12.1 Å². The second-order valence-electron chi connectivity index (χ2n) is 9.43. The molecule has 2 fully saturated rings. The van der Waals surface area contributed by atoms with E-state index in [1.54, 1.807) is 7.11 Å². The van der Waals surface area contributed by atoms with E-state index in [2.05, 4.69) is 71.8 Å². The molecule has 1 aromatic heterocycles. The molecule has 0 aliphatic carbocycles. The highest BCUT2D eigenvalue weighted by atomic mass is 16.5. The number of benzene rings is 1. The molecule has 0 unspecified atom stereocenters. The number of rotatable bonds is 4. The van der Waals surface area contributed by atoms with Gasteiger partial charge in [-0.3, -0.25) is 9.80 Å². The molecule has 2 saturated heterocycles. The first-order valence-corrected chi connectivity index (χ1v) is 11.8. The number of amides is 2. The van der Waals surface area contributed by atoms with E-state index in [9.17, 15) is 4.79 Å². The first-order chi connectivity index (χ1) is 15.5. The number of hydrogen-bond acceptors (Lipinski definition) is 3. The van der Waals surface area contributed by atoms with E-state index < -0.39 is 0 Å². The molecule has 2 aromatic rings. The van der Waals surface area contributed by atoms with E-state index in [1.807, 2.05) is 4.90 Å². The van der Waals surface area contributed by atoms with Crippen LogP contribution < -0.4 is 4.74 Å². The number of aromatic nitrogens is 1. The molecule has 0 radical (unpaired) electrons. The number of piperidine rings is 1. The first kappa shape index (κ1) is 21.1. The van der Waals surface area contributed by atoms with Crippen LogP contribution in [0.15, 0.2) is 42.2 Å². The molecule has 6 heteroatoms. The van der Waals surface area contributed by atoms with Crippen LogP contribution in [0.1, 0.15) is 42.1 Å². The molecule has 0 bridgehead atoms. The summed E-state index contributed by atoms with van der Waals surface area (Å²) >= 11 is 0. The molecule has 3 aliphatic rings. The fourth-order valence-electron chi connectivity index (χ4n) is 5.99. The lowest BCUT2D eigenvalue weighted by molar-refractivity contribution is 0.0878. The number of aryl methyl sites for hydroxylation is 2. The van der Waals surface area contributed by atoms with Crippen LogP contribution in [0.25, 0.3) is 0 Å². The second-order valence-corrected chi connectivity index (χ2v) is 9.43. The van der Waals surface area contributed by atoms with Gasteiger partial charge in [-0.15, -0.1) is 0 Å². The van der Waals surface area contributed by atoms with E-state index in [1.165, 1.54) is 28.1 Å². The number of methoxy groups -OCH3 is 1. The number of hydrogen-bond donors (Lipinski definition) is 0. The summed E-state index contributed by atoms with van der Waals surface area (Å²) in [4.78, 5) is 20.3. The molecule has 32 heavy (non-hydrogen) atoms. The molecule has 170 valence electrons. The van der Waals surface area contributed by atoms with E-state index in [0.29, 0.717) is 6.54 Å². The Bertz CT molecular complexity index is 1060.